The van der Waals surface area contributed by atoms with Crippen LogP contribution < -0.4 is 4.74 Å². The molecule has 2 rings (SSSR count). The molecule has 0 saturated carbocycles. The standard InChI is InChI=1S/C14H16BrFN2O/c1-3-10(2)18-7-6-12(17-18)9-19-14-5-4-11(16)8-13(14)15/h4-8,10H,3,9H2,1-2H3. The Labute approximate surface area is 120 Å². The fourth-order valence-corrected chi connectivity index (χ4v) is 2.10. The Morgan fingerprint density at radius 2 is 2.21 bits per heavy atom. The highest BCUT2D eigenvalue weighted by molar-refractivity contribution is 9.10. The molecule has 2 aromatic rings. The van der Waals surface area contributed by atoms with Gasteiger partial charge in [0.05, 0.1) is 10.2 Å². The molecule has 19 heavy (non-hydrogen) atoms. The molecule has 3 nitrogen and oxygen atoms in total. The van der Waals surface area contributed by atoms with Crippen LogP contribution in [-0.4, -0.2) is 9.78 Å². The zero-order chi connectivity index (χ0) is 13.8. The highest BCUT2D eigenvalue weighted by Crippen LogP contribution is 2.26. The molecule has 0 aliphatic carbocycles. The highest BCUT2D eigenvalue weighted by atomic mass is 79.9. The van der Waals surface area contributed by atoms with Gasteiger partial charge in [-0.05, 0) is 53.5 Å². The summed E-state index contributed by atoms with van der Waals surface area (Å²) in [5, 5.41) is 4.45. The lowest BCUT2D eigenvalue weighted by molar-refractivity contribution is 0.296. The fourth-order valence-electron chi connectivity index (χ4n) is 1.63. The summed E-state index contributed by atoms with van der Waals surface area (Å²) in [4.78, 5) is 0. The molecule has 0 aliphatic heterocycles. The molecular weight excluding hydrogens is 311 g/mol. The van der Waals surface area contributed by atoms with E-state index in [2.05, 4.69) is 34.9 Å². The predicted octanol–water partition coefficient (Wildman–Crippen LogP) is 4.33. The summed E-state index contributed by atoms with van der Waals surface area (Å²) in [6.07, 6.45) is 2.98. The second kappa shape index (κ2) is 6.19. The maximum absolute atomic E-state index is 12.9. The Hall–Kier alpha value is -1.36. The summed E-state index contributed by atoms with van der Waals surface area (Å²) in [6, 6.07) is 6.67. The molecule has 0 spiro atoms. The Balaban J connectivity index is 2.00. The van der Waals surface area contributed by atoms with E-state index in [1.165, 1.54) is 12.1 Å². The van der Waals surface area contributed by atoms with E-state index >= 15 is 0 Å². The summed E-state index contributed by atoms with van der Waals surface area (Å²) < 4.78 is 21.1. The first-order chi connectivity index (χ1) is 9.10. The second-order valence-electron chi connectivity index (χ2n) is 4.41. The van der Waals surface area contributed by atoms with Gasteiger partial charge in [-0.3, -0.25) is 4.68 Å². The lowest BCUT2D eigenvalue weighted by Crippen LogP contribution is -2.05. The molecule has 1 aromatic carbocycles. The molecule has 1 heterocycles. The van der Waals surface area contributed by atoms with Gasteiger partial charge in [0.2, 0.25) is 0 Å². The van der Waals surface area contributed by atoms with Crippen LogP contribution in [0.4, 0.5) is 4.39 Å². The first kappa shape index (κ1) is 14.1. The Morgan fingerprint density at radius 3 is 2.89 bits per heavy atom. The van der Waals surface area contributed by atoms with Crippen molar-refractivity contribution in [2.75, 3.05) is 0 Å². The fraction of sp³-hybridized carbons (Fsp3) is 0.357. The summed E-state index contributed by atoms with van der Waals surface area (Å²) in [5.41, 5.74) is 0.858. The van der Waals surface area contributed by atoms with Crippen molar-refractivity contribution in [1.82, 2.24) is 9.78 Å². The topological polar surface area (TPSA) is 27.1 Å². The van der Waals surface area contributed by atoms with E-state index in [0.29, 0.717) is 22.9 Å². The molecule has 0 amide bonds. The summed E-state index contributed by atoms with van der Waals surface area (Å²) in [6.45, 7) is 4.61. The van der Waals surface area contributed by atoms with Crippen molar-refractivity contribution in [3.05, 3.63) is 46.4 Å². The maximum Gasteiger partial charge on any atom is 0.134 e. The number of ether oxygens (including phenoxy) is 1. The first-order valence-corrected chi connectivity index (χ1v) is 7.01. The molecule has 1 atom stereocenters. The third-order valence-corrected chi connectivity index (χ3v) is 3.60. The zero-order valence-electron chi connectivity index (χ0n) is 10.9. The molecular formula is C14H16BrFN2O. The molecule has 0 aliphatic rings. The largest absolute Gasteiger partial charge is 0.486 e. The Morgan fingerprint density at radius 1 is 1.42 bits per heavy atom. The van der Waals surface area contributed by atoms with E-state index in [1.807, 2.05) is 16.9 Å². The number of hydrogen-bond acceptors (Lipinski definition) is 2. The van der Waals surface area contributed by atoms with Gasteiger partial charge in [0.1, 0.15) is 18.2 Å². The van der Waals surface area contributed by atoms with Gasteiger partial charge in [-0.1, -0.05) is 6.92 Å². The van der Waals surface area contributed by atoms with Crippen molar-refractivity contribution in [1.29, 1.82) is 0 Å². The summed E-state index contributed by atoms with van der Waals surface area (Å²) >= 11 is 3.27. The lowest BCUT2D eigenvalue weighted by Gasteiger charge is -2.09. The first-order valence-electron chi connectivity index (χ1n) is 6.22. The third-order valence-electron chi connectivity index (χ3n) is 2.98. The van der Waals surface area contributed by atoms with Gasteiger partial charge in [0, 0.05) is 12.2 Å². The quantitative estimate of drug-likeness (QED) is 0.817. The number of nitrogens with zero attached hydrogens (tertiary/aromatic N) is 2. The minimum absolute atomic E-state index is 0.291. The number of rotatable bonds is 5. The van der Waals surface area contributed by atoms with Gasteiger partial charge < -0.3 is 4.74 Å². The minimum Gasteiger partial charge on any atom is -0.486 e. The van der Waals surface area contributed by atoms with Crippen molar-refractivity contribution in [3.63, 3.8) is 0 Å². The van der Waals surface area contributed by atoms with Crippen molar-refractivity contribution < 1.29 is 9.13 Å². The van der Waals surface area contributed by atoms with Crippen LogP contribution in [0.3, 0.4) is 0 Å². The molecule has 0 N–H and O–H groups in total. The minimum atomic E-state index is -0.291. The predicted molar refractivity (Wildman–Crippen MR) is 75.7 cm³/mol. The number of aromatic nitrogens is 2. The molecule has 5 heteroatoms. The normalized spacial score (nSPS) is 12.4. The molecule has 1 aromatic heterocycles. The molecule has 0 radical (unpaired) electrons. The zero-order valence-corrected chi connectivity index (χ0v) is 12.5. The van der Waals surface area contributed by atoms with E-state index in [1.54, 1.807) is 6.07 Å². The number of benzene rings is 1. The third kappa shape index (κ3) is 3.56. The highest BCUT2D eigenvalue weighted by Gasteiger charge is 2.07. The van der Waals surface area contributed by atoms with Crippen molar-refractivity contribution >= 4 is 15.9 Å². The van der Waals surface area contributed by atoms with Crippen LogP contribution in [0.1, 0.15) is 32.0 Å². The lowest BCUT2D eigenvalue weighted by atomic mass is 10.3. The van der Waals surface area contributed by atoms with E-state index < -0.39 is 0 Å². The van der Waals surface area contributed by atoms with Crippen molar-refractivity contribution in [3.8, 4) is 5.75 Å². The van der Waals surface area contributed by atoms with E-state index in [4.69, 9.17) is 4.74 Å². The van der Waals surface area contributed by atoms with Crippen LogP contribution in [0.5, 0.6) is 5.75 Å². The SMILES string of the molecule is CCC(C)n1ccc(COc2ccc(F)cc2Br)n1. The monoisotopic (exact) mass is 326 g/mol. The molecule has 0 saturated heterocycles. The van der Waals surface area contributed by atoms with Crippen molar-refractivity contribution in [2.24, 2.45) is 0 Å². The maximum atomic E-state index is 12.9. The van der Waals surface area contributed by atoms with E-state index in [9.17, 15) is 4.39 Å². The van der Waals surface area contributed by atoms with Gasteiger partial charge in [0.25, 0.3) is 0 Å². The number of halogens is 2. The molecule has 1 unspecified atom stereocenters. The van der Waals surface area contributed by atoms with Gasteiger partial charge in [0.15, 0.2) is 0 Å². The van der Waals surface area contributed by atoms with Crippen LogP contribution in [0.2, 0.25) is 0 Å². The van der Waals surface area contributed by atoms with Gasteiger partial charge in [-0.15, -0.1) is 0 Å². The second-order valence-corrected chi connectivity index (χ2v) is 5.26. The van der Waals surface area contributed by atoms with Gasteiger partial charge >= 0.3 is 0 Å². The molecule has 0 fully saturated rings. The van der Waals surface area contributed by atoms with Crippen molar-refractivity contribution in [2.45, 2.75) is 32.9 Å². The van der Waals surface area contributed by atoms with Crippen LogP contribution in [0.15, 0.2) is 34.9 Å². The average molecular weight is 327 g/mol. The number of hydrogen-bond donors (Lipinski definition) is 0. The smallest absolute Gasteiger partial charge is 0.134 e. The van der Waals surface area contributed by atoms with E-state index in [-0.39, 0.29) is 5.82 Å². The van der Waals surface area contributed by atoms with Gasteiger partial charge in [-0.25, -0.2) is 4.39 Å². The summed E-state index contributed by atoms with van der Waals surface area (Å²) in [7, 11) is 0. The van der Waals surface area contributed by atoms with Gasteiger partial charge in [-0.2, -0.15) is 5.10 Å². The summed E-state index contributed by atoms with van der Waals surface area (Å²) in [5.74, 6) is 0.319. The van der Waals surface area contributed by atoms with Crippen LogP contribution in [0, 0.1) is 5.82 Å². The van der Waals surface area contributed by atoms with Crippen LogP contribution in [-0.2, 0) is 6.61 Å². The van der Waals surface area contributed by atoms with E-state index in [0.717, 1.165) is 12.1 Å². The average Bonchev–Trinajstić information content (AvgIpc) is 2.85. The van der Waals surface area contributed by atoms with Crippen LogP contribution in [0.25, 0.3) is 0 Å². The molecule has 102 valence electrons. The Bertz CT molecular complexity index is 556. The van der Waals surface area contributed by atoms with Crippen LogP contribution >= 0.6 is 15.9 Å². The molecule has 0 bridgehead atoms. The Kier molecular flexibility index (Phi) is 4.58.